The van der Waals surface area contributed by atoms with Crippen molar-refractivity contribution in [2.45, 2.75) is 0 Å². The molecule has 0 saturated carbocycles. The lowest BCUT2D eigenvalue weighted by Crippen LogP contribution is -1.98. The fourth-order valence-electron chi connectivity index (χ4n) is 8.60. The Morgan fingerprint density at radius 2 is 0.984 bits per heavy atom. The van der Waals surface area contributed by atoms with E-state index in [4.69, 9.17) is 24.4 Å². The van der Waals surface area contributed by atoms with E-state index in [0.29, 0.717) is 22.8 Å². The monoisotopic (exact) mass is 794 g/mol. The SMILES string of the molecule is c1ccc(-c2cccc(-c3cnc4oc5c(-c6ccc(-c7cc(-c8cccc(-n9c%10ccccc%10c%10ccccc%109)c8)nc(-c8ccccc8)n7)cc6)ncnc5c4c3)c2)cc1. The van der Waals surface area contributed by atoms with E-state index >= 15 is 0 Å². The van der Waals surface area contributed by atoms with Crippen LogP contribution in [0.3, 0.4) is 0 Å². The number of benzene rings is 7. The Kier molecular flexibility index (Phi) is 8.35. The van der Waals surface area contributed by atoms with Crippen molar-refractivity contribution in [2.75, 3.05) is 0 Å². The van der Waals surface area contributed by atoms with Crippen LogP contribution in [0.25, 0.3) is 117 Å². The average Bonchev–Trinajstić information content (AvgIpc) is 3.90. The van der Waals surface area contributed by atoms with Crippen molar-refractivity contribution in [2.24, 2.45) is 0 Å². The summed E-state index contributed by atoms with van der Waals surface area (Å²) < 4.78 is 8.72. The van der Waals surface area contributed by atoms with Crippen molar-refractivity contribution in [1.29, 1.82) is 0 Å². The zero-order chi connectivity index (χ0) is 41.0. The first-order valence-corrected chi connectivity index (χ1v) is 20.6. The molecule has 7 heteroatoms. The van der Waals surface area contributed by atoms with Crippen LogP contribution in [0.1, 0.15) is 0 Å². The van der Waals surface area contributed by atoms with E-state index < -0.39 is 0 Å². The molecule has 7 nitrogen and oxygen atoms in total. The minimum Gasteiger partial charge on any atom is -0.434 e. The van der Waals surface area contributed by atoms with Gasteiger partial charge in [-0.3, -0.25) is 0 Å². The van der Waals surface area contributed by atoms with Gasteiger partial charge in [0.2, 0.25) is 5.71 Å². The molecule has 0 amide bonds. The van der Waals surface area contributed by atoms with Gasteiger partial charge in [-0.05, 0) is 59.2 Å². The van der Waals surface area contributed by atoms with Crippen LogP contribution in [0, 0.1) is 0 Å². The van der Waals surface area contributed by atoms with Crippen LogP contribution in [-0.4, -0.2) is 29.5 Å². The van der Waals surface area contributed by atoms with Gasteiger partial charge in [0.25, 0.3) is 0 Å². The zero-order valence-electron chi connectivity index (χ0n) is 33.2. The maximum Gasteiger partial charge on any atom is 0.229 e. The predicted molar refractivity (Wildman–Crippen MR) is 250 cm³/mol. The van der Waals surface area contributed by atoms with Gasteiger partial charge in [-0.2, -0.15) is 0 Å². The molecule has 0 spiro atoms. The van der Waals surface area contributed by atoms with Gasteiger partial charge in [0.05, 0.1) is 27.8 Å². The molecule has 0 aliphatic rings. The van der Waals surface area contributed by atoms with Crippen molar-refractivity contribution >= 4 is 44.0 Å². The van der Waals surface area contributed by atoms with Crippen molar-refractivity contribution in [1.82, 2.24) is 29.5 Å². The molecule has 5 heterocycles. The van der Waals surface area contributed by atoms with Gasteiger partial charge in [0.15, 0.2) is 11.4 Å². The van der Waals surface area contributed by atoms with Crippen LogP contribution in [-0.2, 0) is 0 Å². The van der Waals surface area contributed by atoms with E-state index in [0.717, 1.165) is 78.0 Å². The van der Waals surface area contributed by atoms with Crippen LogP contribution in [0.15, 0.2) is 211 Å². The smallest absolute Gasteiger partial charge is 0.229 e. The first kappa shape index (κ1) is 35.4. The highest BCUT2D eigenvalue weighted by Crippen LogP contribution is 2.37. The van der Waals surface area contributed by atoms with E-state index in [1.807, 2.05) is 42.6 Å². The summed E-state index contributed by atoms with van der Waals surface area (Å²) in [7, 11) is 0. The quantitative estimate of drug-likeness (QED) is 0.160. The van der Waals surface area contributed by atoms with Crippen LogP contribution < -0.4 is 0 Å². The molecule has 0 radical (unpaired) electrons. The number of pyridine rings is 1. The topological polar surface area (TPSA) is 82.5 Å². The molecular weight excluding hydrogens is 761 g/mol. The van der Waals surface area contributed by atoms with Crippen molar-refractivity contribution < 1.29 is 4.42 Å². The normalized spacial score (nSPS) is 11.5. The summed E-state index contributed by atoms with van der Waals surface area (Å²) in [4.78, 5) is 24.4. The fourth-order valence-corrected chi connectivity index (χ4v) is 8.60. The Labute approximate surface area is 356 Å². The molecule has 290 valence electrons. The molecular formula is C55H34N6O. The molecule has 0 bridgehead atoms. The van der Waals surface area contributed by atoms with Crippen LogP contribution in [0.2, 0.25) is 0 Å². The first-order valence-electron chi connectivity index (χ1n) is 20.6. The Bertz CT molecular complexity index is 3580. The van der Waals surface area contributed by atoms with Crippen molar-refractivity contribution in [3.63, 3.8) is 0 Å². The number of para-hydroxylation sites is 2. The summed E-state index contributed by atoms with van der Waals surface area (Å²) in [5.41, 5.74) is 15.7. The molecule has 0 atom stereocenters. The molecule has 5 aromatic heterocycles. The Hall–Kier alpha value is -8.55. The third-order valence-electron chi connectivity index (χ3n) is 11.6. The van der Waals surface area contributed by atoms with Crippen LogP contribution in [0.4, 0.5) is 0 Å². The number of nitrogens with zero attached hydrogens (tertiary/aromatic N) is 6. The van der Waals surface area contributed by atoms with Gasteiger partial charge < -0.3 is 8.98 Å². The molecule has 0 saturated heterocycles. The molecule has 0 aliphatic heterocycles. The standard InChI is InChI=1S/C55H34N6O/c1-3-13-35(14-4-1)39-17-11-18-40(29-39)42-31-46-52-53(62-55(46)56-33-42)51(57-34-58-52)37-27-25-36(26-28-37)47-32-48(60-54(59-47)38-15-5-2-6-16-38)41-19-12-20-43(30-41)61-49-23-9-7-21-44(49)45-22-8-10-24-50(45)61/h1-34H. The minimum absolute atomic E-state index is 0.519. The molecule has 12 aromatic rings. The highest BCUT2D eigenvalue weighted by molar-refractivity contribution is 6.09. The lowest BCUT2D eigenvalue weighted by molar-refractivity contribution is 0.652. The number of hydrogen-bond donors (Lipinski definition) is 0. The highest BCUT2D eigenvalue weighted by atomic mass is 16.3. The van der Waals surface area contributed by atoms with Crippen molar-refractivity contribution in [3.8, 4) is 73.1 Å². The average molecular weight is 795 g/mol. The minimum atomic E-state index is 0.519. The summed E-state index contributed by atoms with van der Waals surface area (Å²) in [6.45, 7) is 0. The fraction of sp³-hybridized carbons (Fsp3) is 0. The maximum atomic E-state index is 6.39. The van der Waals surface area contributed by atoms with Gasteiger partial charge in [0.1, 0.15) is 17.5 Å². The van der Waals surface area contributed by atoms with Crippen molar-refractivity contribution in [3.05, 3.63) is 207 Å². The van der Waals surface area contributed by atoms with E-state index in [1.54, 1.807) is 6.33 Å². The Morgan fingerprint density at radius 3 is 1.73 bits per heavy atom. The molecule has 0 unspecified atom stereocenters. The summed E-state index contributed by atoms with van der Waals surface area (Å²) in [6, 6.07) is 67.2. The molecule has 0 aliphatic carbocycles. The summed E-state index contributed by atoms with van der Waals surface area (Å²) >= 11 is 0. The van der Waals surface area contributed by atoms with Gasteiger partial charge in [-0.15, -0.1) is 0 Å². The number of rotatable bonds is 7. The van der Waals surface area contributed by atoms with Gasteiger partial charge >= 0.3 is 0 Å². The molecule has 62 heavy (non-hydrogen) atoms. The molecule has 12 rings (SSSR count). The second-order valence-electron chi connectivity index (χ2n) is 15.4. The first-order chi connectivity index (χ1) is 30.7. The van der Waals surface area contributed by atoms with E-state index in [1.165, 1.54) is 16.3 Å². The lowest BCUT2D eigenvalue weighted by Gasteiger charge is -2.12. The van der Waals surface area contributed by atoms with Crippen LogP contribution >= 0.6 is 0 Å². The maximum absolute atomic E-state index is 6.39. The van der Waals surface area contributed by atoms with Gasteiger partial charge in [0, 0.05) is 50.5 Å². The largest absolute Gasteiger partial charge is 0.434 e. The predicted octanol–water partition coefficient (Wildman–Crippen LogP) is 13.7. The van der Waals surface area contributed by atoms with E-state index in [2.05, 4.69) is 167 Å². The summed E-state index contributed by atoms with van der Waals surface area (Å²) in [5.74, 6) is 0.655. The Balaban J connectivity index is 0.918. The Morgan fingerprint density at radius 1 is 0.387 bits per heavy atom. The molecule has 7 aromatic carbocycles. The van der Waals surface area contributed by atoms with Crippen LogP contribution in [0.5, 0.6) is 0 Å². The van der Waals surface area contributed by atoms with E-state index in [-0.39, 0.29) is 0 Å². The number of aromatic nitrogens is 6. The molecule has 0 N–H and O–H groups in total. The highest BCUT2D eigenvalue weighted by Gasteiger charge is 2.19. The van der Waals surface area contributed by atoms with Gasteiger partial charge in [-0.1, -0.05) is 152 Å². The van der Waals surface area contributed by atoms with Gasteiger partial charge in [-0.25, -0.2) is 24.9 Å². The lowest BCUT2D eigenvalue weighted by atomic mass is 9.99. The third-order valence-corrected chi connectivity index (χ3v) is 11.6. The zero-order valence-corrected chi connectivity index (χ0v) is 33.2. The molecule has 0 fully saturated rings. The second kappa shape index (κ2) is 14.6. The number of fused-ring (bicyclic) bond motifs is 6. The number of furan rings is 1. The third kappa shape index (κ3) is 6.11. The summed E-state index contributed by atoms with van der Waals surface area (Å²) in [5, 5.41) is 3.29. The van der Waals surface area contributed by atoms with E-state index in [9.17, 15) is 0 Å². The summed E-state index contributed by atoms with van der Waals surface area (Å²) in [6.07, 6.45) is 3.45. The second-order valence-corrected chi connectivity index (χ2v) is 15.4. The number of hydrogen-bond acceptors (Lipinski definition) is 6.